The van der Waals surface area contributed by atoms with Crippen LogP contribution in [0.2, 0.25) is 5.02 Å². The zero-order valence-electron chi connectivity index (χ0n) is 10.2. The van der Waals surface area contributed by atoms with E-state index in [2.05, 4.69) is 4.72 Å². The number of para-hydroxylation sites is 2. The highest BCUT2D eigenvalue weighted by Crippen LogP contribution is 2.25. The summed E-state index contributed by atoms with van der Waals surface area (Å²) < 4.78 is 27.1. The number of anilines is 2. The van der Waals surface area contributed by atoms with Crippen molar-refractivity contribution >= 4 is 33.0 Å². The van der Waals surface area contributed by atoms with E-state index in [1.54, 1.807) is 43.3 Å². The lowest BCUT2D eigenvalue weighted by Gasteiger charge is -2.12. The number of hydrogen-bond donors (Lipinski definition) is 2. The summed E-state index contributed by atoms with van der Waals surface area (Å²) >= 11 is 5.84. The zero-order chi connectivity index (χ0) is 14.0. The molecular weight excluding hydrogens is 284 g/mol. The maximum atomic E-state index is 12.3. The smallest absolute Gasteiger partial charge is 0.262 e. The van der Waals surface area contributed by atoms with Gasteiger partial charge in [-0.1, -0.05) is 29.8 Å². The molecule has 0 aliphatic carbocycles. The average Bonchev–Trinajstić information content (AvgIpc) is 2.35. The topological polar surface area (TPSA) is 72.2 Å². The Morgan fingerprint density at radius 1 is 1.16 bits per heavy atom. The molecule has 0 fully saturated rings. The Hall–Kier alpha value is -1.72. The van der Waals surface area contributed by atoms with Gasteiger partial charge >= 0.3 is 0 Å². The molecule has 4 nitrogen and oxygen atoms in total. The molecule has 0 saturated carbocycles. The van der Waals surface area contributed by atoms with Crippen LogP contribution in [0, 0.1) is 6.92 Å². The number of nitrogens with two attached hydrogens (primary N) is 1. The molecule has 2 rings (SSSR count). The summed E-state index contributed by atoms with van der Waals surface area (Å²) in [6, 6.07) is 11.4. The lowest BCUT2D eigenvalue weighted by molar-refractivity contribution is 0.600. The van der Waals surface area contributed by atoms with E-state index in [1.807, 2.05) is 0 Å². The summed E-state index contributed by atoms with van der Waals surface area (Å²) in [5.74, 6) is 0. The van der Waals surface area contributed by atoms with Crippen LogP contribution >= 0.6 is 11.6 Å². The molecule has 0 heterocycles. The minimum atomic E-state index is -3.70. The first-order chi connectivity index (χ1) is 8.90. The second-order valence-electron chi connectivity index (χ2n) is 4.10. The van der Waals surface area contributed by atoms with E-state index in [-0.39, 0.29) is 4.90 Å². The Bertz CT molecular complexity index is 714. The van der Waals surface area contributed by atoms with Gasteiger partial charge in [0.15, 0.2) is 0 Å². The first kappa shape index (κ1) is 13.7. The molecule has 0 bridgehead atoms. The molecule has 100 valence electrons. The second kappa shape index (κ2) is 5.11. The van der Waals surface area contributed by atoms with Crippen molar-refractivity contribution in [3.05, 3.63) is 53.1 Å². The molecule has 0 atom stereocenters. The van der Waals surface area contributed by atoms with E-state index in [0.717, 1.165) is 0 Å². The molecule has 0 radical (unpaired) electrons. The van der Waals surface area contributed by atoms with Gasteiger partial charge in [0.05, 0.1) is 16.3 Å². The molecule has 0 saturated heterocycles. The number of nitrogen functional groups attached to an aromatic ring is 1. The van der Waals surface area contributed by atoms with Crippen molar-refractivity contribution in [2.24, 2.45) is 0 Å². The molecule has 0 unspecified atom stereocenters. The van der Waals surface area contributed by atoms with Crippen LogP contribution in [0.1, 0.15) is 5.56 Å². The van der Waals surface area contributed by atoms with E-state index in [0.29, 0.717) is 22.0 Å². The van der Waals surface area contributed by atoms with Gasteiger partial charge in [-0.15, -0.1) is 0 Å². The van der Waals surface area contributed by atoms with Gasteiger partial charge in [0, 0.05) is 5.02 Å². The predicted molar refractivity (Wildman–Crippen MR) is 77.9 cm³/mol. The number of sulfonamides is 1. The fourth-order valence-corrected chi connectivity index (χ4v) is 3.25. The SMILES string of the molecule is Cc1ccc(Cl)cc1S(=O)(=O)Nc1ccccc1N. The third kappa shape index (κ3) is 3.00. The van der Waals surface area contributed by atoms with Crippen LogP contribution in [-0.2, 0) is 10.0 Å². The highest BCUT2D eigenvalue weighted by molar-refractivity contribution is 7.92. The number of nitrogens with one attached hydrogen (secondary N) is 1. The largest absolute Gasteiger partial charge is 0.397 e. The summed E-state index contributed by atoms with van der Waals surface area (Å²) in [5, 5.41) is 0.368. The number of rotatable bonds is 3. The van der Waals surface area contributed by atoms with Crippen LogP contribution in [0.4, 0.5) is 11.4 Å². The summed E-state index contributed by atoms with van der Waals surface area (Å²) in [5.41, 5.74) is 7.05. The van der Waals surface area contributed by atoms with Crippen molar-refractivity contribution < 1.29 is 8.42 Å². The first-order valence-corrected chi connectivity index (χ1v) is 7.40. The average molecular weight is 297 g/mol. The molecular formula is C13H13ClN2O2S. The third-order valence-electron chi connectivity index (χ3n) is 2.64. The van der Waals surface area contributed by atoms with Gasteiger partial charge in [-0.05, 0) is 36.8 Å². The Morgan fingerprint density at radius 3 is 2.53 bits per heavy atom. The lowest BCUT2D eigenvalue weighted by Crippen LogP contribution is -2.15. The van der Waals surface area contributed by atoms with Crippen molar-refractivity contribution in [2.45, 2.75) is 11.8 Å². The summed E-state index contributed by atoms with van der Waals surface area (Å²) in [6.45, 7) is 1.71. The van der Waals surface area contributed by atoms with Crippen molar-refractivity contribution in [2.75, 3.05) is 10.5 Å². The van der Waals surface area contributed by atoms with Crippen molar-refractivity contribution in [3.63, 3.8) is 0 Å². The van der Waals surface area contributed by atoms with Gasteiger partial charge in [-0.2, -0.15) is 0 Å². The molecule has 0 aliphatic heterocycles. The lowest BCUT2D eigenvalue weighted by atomic mass is 10.2. The molecule has 2 aromatic carbocycles. The molecule has 19 heavy (non-hydrogen) atoms. The highest BCUT2D eigenvalue weighted by atomic mass is 35.5. The predicted octanol–water partition coefficient (Wildman–Crippen LogP) is 3.03. The molecule has 0 spiro atoms. The minimum Gasteiger partial charge on any atom is -0.397 e. The maximum absolute atomic E-state index is 12.3. The van der Waals surface area contributed by atoms with Gasteiger partial charge in [0.1, 0.15) is 0 Å². The number of aryl methyl sites for hydroxylation is 1. The Kier molecular flexibility index (Phi) is 3.68. The number of hydrogen-bond acceptors (Lipinski definition) is 3. The number of benzene rings is 2. The van der Waals surface area contributed by atoms with Gasteiger partial charge in [-0.25, -0.2) is 8.42 Å². The summed E-state index contributed by atoms with van der Waals surface area (Å²) in [4.78, 5) is 0.142. The van der Waals surface area contributed by atoms with Crippen LogP contribution < -0.4 is 10.5 Å². The molecule has 0 aliphatic rings. The third-order valence-corrected chi connectivity index (χ3v) is 4.39. The van der Waals surface area contributed by atoms with E-state index < -0.39 is 10.0 Å². The fraction of sp³-hybridized carbons (Fsp3) is 0.0769. The first-order valence-electron chi connectivity index (χ1n) is 5.53. The quantitative estimate of drug-likeness (QED) is 0.855. The van der Waals surface area contributed by atoms with Crippen LogP contribution in [0.3, 0.4) is 0 Å². The van der Waals surface area contributed by atoms with Crippen molar-refractivity contribution in [1.29, 1.82) is 0 Å². The second-order valence-corrected chi connectivity index (χ2v) is 6.19. The van der Waals surface area contributed by atoms with Crippen LogP contribution in [0.25, 0.3) is 0 Å². The van der Waals surface area contributed by atoms with Gasteiger partial charge < -0.3 is 5.73 Å². The molecule has 6 heteroatoms. The Labute approximate surface area is 117 Å². The minimum absolute atomic E-state index is 0.142. The Morgan fingerprint density at radius 2 is 1.84 bits per heavy atom. The fourth-order valence-electron chi connectivity index (χ4n) is 1.65. The molecule has 2 aromatic rings. The maximum Gasteiger partial charge on any atom is 0.262 e. The Balaban J connectivity index is 2.44. The van der Waals surface area contributed by atoms with Crippen LogP contribution in [-0.4, -0.2) is 8.42 Å². The standard InChI is InChI=1S/C13H13ClN2O2S/c1-9-6-7-10(14)8-13(9)19(17,18)16-12-5-3-2-4-11(12)15/h2-8,16H,15H2,1H3. The van der Waals surface area contributed by atoms with Gasteiger partial charge in [-0.3, -0.25) is 4.72 Å². The molecule has 0 aromatic heterocycles. The van der Waals surface area contributed by atoms with Gasteiger partial charge in [0.25, 0.3) is 10.0 Å². The van der Waals surface area contributed by atoms with E-state index in [4.69, 9.17) is 17.3 Å². The van der Waals surface area contributed by atoms with Gasteiger partial charge in [0.2, 0.25) is 0 Å². The van der Waals surface area contributed by atoms with Crippen LogP contribution in [0.15, 0.2) is 47.4 Å². The monoisotopic (exact) mass is 296 g/mol. The normalized spacial score (nSPS) is 11.3. The summed E-state index contributed by atoms with van der Waals surface area (Å²) in [7, 11) is -3.70. The zero-order valence-corrected chi connectivity index (χ0v) is 11.8. The van der Waals surface area contributed by atoms with Crippen LogP contribution in [0.5, 0.6) is 0 Å². The summed E-state index contributed by atoms with van der Waals surface area (Å²) in [6.07, 6.45) is 0. The van der Waals surface area contributed by atoms with E-state index in [1.165, 1.54) is 6.07 Å². The highest BCUT2D eigenvalue weighted by Gasteiger charge is 2.18. The molecule has 3 N–H and O–H groups in total. The van der Waals surface area contributed by atoms with E-state index >= 15 is 0 Å². The molecule has 0 amide bonds. The van der Waals surface area contributed by atoms with Crippen molar-refractivity contribution in [3.8, 4) is 0 Å². The number of halogens is 1. The van der Waals surface area contributed by atoms with E-state index in [9.17, 15) is 8.42 Å². The van der Waals surface area contributed by atoms with Crippen molar-refractivity contribution in [1.82, 2.24) is 0 Å².